The van der Waals surface area contributed by atoms with Crippen LogP contribution in [-0.4, -0.2) is 33.9 Å². The third-order valence-corrected chi connectivity index (χ3v) is 5.31. The van der Waals surface area contributed by atoms with E-state index < -0.39 is 0 Å². The van der Waals surface area contributed by atoms with Crippen LogP contribution in [0.25, 0.3) is 0 Å². The Morgan fingerprint density at radius 2 is 1.95 bits per heavy atom. The van der Waals surface area contributed by atoms with E-state index in [0.717, 1.165) is 25.4 Å². The second kappa shape index (κ2) is 6.23. The van der Waals surface area contributed by atoms with Crippen molar-refractivity contribution in [1.29, 1.82) is 0 Å². The van der Waals surface area contributed by atoms with Crippen LogP contribution in [0, 0.1) is 25.7 Å². The lowest BCUT2D eigenvalue weighted by molar-refractivity contribution is -0.133. The van der Waals surface area contributed by atoms with Crippen LogP contribution in [0.5, 0.6) is 0 Å². The molecule has 1 aliphatic heterocycles. The van der Waals surface area contributed by atoms with Crippen molar-refractivity contribution in [2.24, 2.45) is 11.8 Å². The molecule has 5 heteroatoms. The van der Waals surface area contributed by atoms with Gasteiger partial charge < -0.3 is 9.88 Å². The highest BCUT2D eigenvalue weighted by atomic mass is 16.2. The number of hydrogen-bond donors (Lipinski definition) is 1. The lowest BCUT2D eigenvalue weighted by Gasteiger charge is -2.41. The normalized spacial score (nSPS) is 24.9. The third-order valence-electron chi connectivity index (χ3n) is 5.31. The van der Waals surface area contributed by atoms with Gasteiger partial charge in [0.2, 0.25) is 5.91 Å². The smallest absolute Gasteiger partial charge is 0.254 e. The van der Waals surface area contributed by atoms with Crippen molar-refractivity contribution in [2.45, 2.75) is 52.4 Å². The molecule has 1 N–H and O–H groups in total. The number of aromatic nitrogens is 2. The summed E-state index contributed by atoms with van der Waals surface area (Å²) >= 11 is 0. The summed E-state index contributed by atoms with van der Waals surface area (Å²) in [5.41, 5.74) is 1.01. The van der Waals surface area contributed by atoms with Gasteiger partial charge in [0.25, 0.3) is 5.56 Å². The molecule has 1 saturated heterocycles. The fraction of sp³-hybridized carbons (Fsp3) is 0.706. The van der Waals surface area contributed by atoms with Gasteiger partial charge in [-0.3, -0.25) is 9.59 Å². The summed E-state index contributed by atoms with van der Waals surface area (Å²) in [6, 6.07) is 0. The van der Waals surface area contributed by atoms with Crippen molar-refractivity contribution in [3.8, 4) is 0 Å². The first kappa shape index (κ1) is 15.3. The molecule has 1 aliphatic carbocycles. The molecule has 0 radical (unpaired) electrons. The summed E-state index contributed by atoms with van der Waals surface area (Å²) in [4.78, 5) is 33.5. The molecular formula is C17H25N3O2. The number of amides is 1. The lowest BCUT2D eigenvalue weighted by atomic mass is 9.75. The Balaban J connectivity index is 1.69. The molecule has 3 rings (SSSR count). The van der Waals surface area contributed by atoms with E-state index in [2.05, 4.69) is 9.97 Å². The second-order valence-corrected chi connectivity index (χ2v) is 6.83. The van der Waals surface area contributed by atoms with Crippen molar-refractivity contribution < 1.29 is 4.79 Å². The maximum absolute atomic E-state index is 12.6. The highest BCUT2D eigenvalue weighted by Crippen LogP contribution is 2.36. The van der Waals surface area contributed by atoms with Crippen LogP contribution in [0.2, 0.25) is 0 Å². The predicted octanol–water partition coefficient (Wildman–Crippen LogP) is 1.97. The predicted molar refractivity (Wildman–Crippen MR) is 84.7 cm³/mol. The highest BCUT2D eigenvalue weighted by Gasteiger charge is 2.33. The quantitative estimate of drug-likeness (QED) is 0.908. The number of H-pyrrole nitrogens is 1. The average Bonchev–Trinajstić information content (AvgIpc) is 2.50. The number of carbonyl (C=O) groups is 1. The molecule has 2 atom stereocenters. The molecule has 0 aromatic carbocycles. The van der Waals surface area contributed by atoms with Gasteiger partial charge in [0, 0.05) is 24.3 Å². The van der Waals surface area contributed by atoms with Crippen LogP contribution in [0.15, 0.2) is 4.79 Å². The average molecular weight is 303 g/mol. The molecule has 2 fully saturated rings. The van der Waals surface area contributed by atoms with Crippen molar-refractivity contribution in [2.75, 3.05) is 13.1 Å². The molecule has 5 nitrogen and oxygen atoms in total. The Morgan fingerprint density at radius 3 is 2.68 bits per heavy atom. The maximum Gasteiger partial charge on any atom is 0.254 e. The first-order valence-corrected chi connectivity index (χ1v) is 8.38. The fourth-order valence-corrected chi connectivity index (χ4v) is 4.05. The first-order chi connectivity index (χ1) is 10.5. The van der Waals surface area contributed by atoms with Gasteiger partial charge in [0.1, 0.15) is 5.82 Å². The number of nitrogens with zero attached hydrogens (tertiary/aromatic N) is 2. The standard InChI is InChI=1S/C17H25N3O2/c1-11-15(17(22)19-12(2)18-11)9-16(21)20-8-7-13-5-3-4-6-14(13)10-20/h13-14H,3-10H2,1-2H3,(H,18,19,22)/t13-,14+/m0/s1. The van der Waals surface area contributed by atoms with Crippen LogP contribution in [0.1, 0.15) is 49.2 Å². The van der Waals surface area contributed by atoms with E-state index in [-0.39, 0.29) is 17.9 Å². The molecule has 120 valence electrons. The van der Waals surface area contributed by atoms with Gasteiger partial charge in [-0.25, -0.2) is 4.98 Å². The Kier molecular flexibility index (Phi) is 4.32. The van der Waals surface area contributed by atoms with E-state index in [1.165, 1.54) is 25.7 Å². The zero-order chi connectivity index (χ0) is 15.7. The number of hydrogen-bond acceptors (Lipinski definition) is 3. The maximum atomic E-state index is 12.6. The minimum Gasteiger partial charge on any atom is -0.342 e. The molecular weight excluding hydrogens is 278 g/mol. The summed E-state index contributed by atoms with van der Waals surface area (Å²) in [5.74, 6) is 2.15. The topological polar surface area (TPSA) is 66.1 Å². The Labute approximate surface area is 131 Å². The van der Waals surface area contributed by atoms with Gasteiger partial charge in [-0.2, -0.15) is 0 Å². The van der Waals surface area contributed by atoms with Gasteiger partial charge in [-0.1, -0.05) is 19.3 Å². The molecule has 1 aromatic heterocycles. The molecule has 1 saturated carbocycles. The molecule has 0 bridgehead atoms. The number of likely N-dealkylation sites (tertiary alicyclic amines) is 1. The number of aromatic amines is 1. The largest absolute Gasteiger partial charge is 0.342 e. The highest BCUT2D eigenvalue weighted by molar-refractivity contribution is 5.79. The van der Waals surface area contributed by atoms with Crippen LogP contribution in [0.4, 0.5) is 0 Å². The summed E-state index contributed by atoms with van der Waals surface area (Å²) in [5, 5.41) is 0. The number of nitrogens with one attached hydrogen (secondary N) is 1. The Bertz CT molecular complexity index is 623. The van der Waals surface area contributed by atoms with Crippen molar-refractivity contribution in [1.82, 2.24) is 14.9 Å². The van der Waals surface area contributed by atoms with Crippen molar-refractivity contribution in [3.63, 3.8) is 0 Å². The monoisotopic (exact) mass is 303 g/mol. The lowest BCUT2D eigenvalue weighted by Crippen LogP contribution is -2.45. The number of rotatable bonds is 2. The zero-order valence-corrected chi connectivity index (χ0v) is 13.5. The molecule has 2 heterocycles. The number of fused-ring (bicyclic) bond motifs is 1. The second-order valence-electron chi connectivity index (χ2n) is 6.83. The Morgan fingerprint density at radius 1 is 1.23 bits per heavy atom. The third kappa shape index (κ3) is 3.08. The minimum absolute atomic E-state index is 0.0725. The van der Waals surface area contributed by atoms with Crippen LogP contribution >= 0.6 is 0 Å². The number of aryl methyl sites for hydroxylation is 2. The number of piperidine rings is 1. The van der Waals surface area contributed by atoms with Crippen LogP contribution in [0.3, 0.4) is 0 Å². The SMILES string of the molecule is Cc1nc(C)c(CC(=O)N2CC[C@@H]3CCCC[C@@H]3C2)c(=O)[nH]1. The van der Waals surface area contributed by atoms with E-state index in [4.69, 9.17) is 0 Å². The van der Waals surface area contributed by atoms with Gasteiger partial charge in [0.15, 0.2) is 0 Å². The van der Waals surface area contributed by atoms with E-state index in [9.17, 15) is 9.59 Å². The molecule has 1 aromatic rings. The summed E-state index contributed by atoms with van der Waals surface area (Å²) in [7, 11) is 0. The first-order valence-electron chi connectivity index (χ1n) is 8.38. The van der Waals surface area contributed by atoms with Gasteiger partial charge in [-0.05, 0) is 38.5 Å². The summed E-state index contributed by atoms with van der Waals surface area (Å²) in [6.07, 6.45) is 6.51. The van der Waals surface area contributed by atoms with E-state index in [1.807, 2.05) is 4.90 Å². The molecule has 1 amide bonds. The minimum atomic E-state index is -0.175. The summed E-state index contributed by atoms with van der Waals surface area (Å²) < 4.78 is 0. The molecule has 0 spiro atoms. The van der Waals surface area contributed by atoms with E-state index in [1.54, 1.807) is 13.8 Å². The molecule has 2 aliphatic rings. The Hall–Kier alpha value is -1.65. The van der Waals surface area contributed by atoms with Crippen LogP contribution in [-0.2, 0) is 11.2 Å². The summed E-state index contributed by atoms with van der Waals surface area (Å²) in [6.45, 7) is 5.28. The number of carbonyl (C=O) groups excluding carboxylic acids is 1. The zero-order valence-electron chi connectivity index (χ0n) is 13.5. The fourth-order valence-electron chi connectivity index (χ4n) is 4.05. The molecule has 0 unspecified atom stereocenters. The van der Waals surface area contributed by atoms with Gasteiger partial charge in [0.05, 0.1) is 6.42 Å². The van der Waals surface area contributed by atoms with Gasteiger partial charge in [-0.15, -0.1) is 0 Å². The van der Waals surface area contributed by atoms with Crippen molar-refractivity contribution >= 4 is 5.91 Å². The van der Waals surface area contributed by atoms with Gasteiger partial charge >= 0.3 is 0 Å². The van der Waals surface area contributed by atoms with Crippen LogP contribution < -0.4 is 5.56 Å². The molecule has 22 heavy (non-hydrogen) atoms. The van der Waals surface area contributed by atoms with E-state index in [0.29, 0.717) is 23.0 Å². The van der Waals surface area contributed by atoms with Crippen molar-refractivity contribution in [3.05, 3.63) is 27.4 Å². The van der Waals surface area contributed by atoms with E-state index >= 15 is 0 Å².